The normalized spacial score (nSPS) is 21.1. The number of quaternary nitrogens is 1. The van der Waals surface area contributed by atoms with E-state index in [2.05, 4.69) is 12.2 Å². The predicted octanol–water partition coefficient (Wildman–Crippen LogP) is 0.749. The van der Waals surface area contributed by atoms with Gasteiger partial charge in [0, 0.05) is 52.6 Å². The minimum Gasteiger partial charge on any atom is -0.354 e. The van der Waals surface area contributed by atoms with E-state index < -0.39 is 0 Å². The van der Waals surface area contributed by atoms with Gasteiger partial charge in [0.05, 0.1) is 19.6 Å². The zero-order chi connectivity index (χ0) is 9.90. The minimum absolute atomic E-state index is 0. The first-order valence-electron chi connectivity index (χ1n) is 5.23. The van der Waals surface area contributed by atoms with Crippen LogP contribution in [0.2, 0.25) is 0 Å². The summed E-state index contributed by atoms with van der Waals surface area (Å²) in [4.78, 5) is 11.5. The molecule has 0 saturated carbocycles. The third-order valence-electron chi connectivity index (χ3n) is 3.53. The van der Waals surface area contributed by atoms with Crippen molar-refractivity contribution in [1.82, 2.24) is 5.32 Å². The van der Waals surface area contributed by atoms with Crippen molar-refractivity contribution in [2.24, 2.45) is 0 Å². The third kappa shape index (κ3) is 2.77. The SMILES string of the molecule is CC[N+]1(C(C)C(=O)NC)CCCC1.[Y]. The van der Waals surface area contributed by atoms with E-state index in [1.54, 1.807) is 7.05 Å². The zero-order valence-electron chi connectivity index (χ0n) is 9.55. The van der Waals surface area contributed by atoms with Gasteiger partial charge in [0.1, 0.15) is 0 Å². The molecule has 1 radical (unpaired) electrons. The number of rotatable bonds is 3. The number of hydrogen-bond acceptors (Lipinski definition) is 1. The second-order valence-electron chi connectivity index (χ2n) is 3.98. The maximum Gasteiger partial charge on any atom is 0.277 e. The summed E-state index contributed by atoms with van der Waals surface area (Å²) in [5, 5.41) is 2.75. The van der Waals surface area contributed by atoms with E-state index in [1.165, 1.54) is 25.9 Å². The van der Waals surface area contributed by atoms with Crippen LogP contribution in [0, 0.1) is 0 Å². The summed E-state index contributed by atoms with van der Waals surface area (Å²) < 4.78 is 0.986. The Hall–Kier alpha value is 0.534. The molecule has 1 atom stereocenters. The molecule has 1 unspecified atom stereocenters. The number of nitrogens with one attached hydrogen (secondary N) is 1. The van der Waals surface area contributed by atoms with Crippen LogP contribution in [-0.2, 0) is 37.5 Å². The number of likely N-dealkylation sites (N-methyl/N-ethyl adjacent to an activating group) is 2. The van der Waals surface area contributed by atoms with E-state index in [9.17, 15) is 4.79 Å². The first-order chi connectivity index (χ1) is 6.16. The second-order valence-corrected chi connectivity index (χ2v) is 3.98. The van der Waals surface area contributed by atoms with Crippen molar-refractivity contribution >= 4 is 5.91 Å². The molecule has 0 aliphatic carbocycles. The number of carbonyl (C=O) groups is 1. The van der Waals surface area contributed by atoms with E-state index in [4.69, 9.17) is 0 Å². The molecule has 0 aromatic heterocycles. The quantitative estimate of drug-likeness (QED) is 0.756. The smallest absolute Gasteiger partial charge is 0.277 e. The van der Waals surface area contributed by atoms with Crippen molar-refractivity contribution in [3.8, 4) is 0 Å². The van der Waals surface area contributed by atoms with Crippen LogP contribution in [0.15, 0.2) is 0 Å². The summed E-state index contributed by atoms with van der Waals surface area (Å²) in [6.45, 7) is 7.66. The number of carbonyl (C=O) groups excluding carboxylic acids is 1. The molecule has 4 heteroatoms. The molecule has 1 heterocycles. The van der Waals surface area contributed by atoms with Crippen LogP contribution in [0.1, 0.15) is 26.7 Å². The summed E-state index contributed by atoms with van der Waals surface area (Å²) in [5.41, 5.74) is 0. The molecule has 1 fully saturated rings. The summed E-state index contributed by atoms with van der Waals surface area (Å²) in [6, 6.07) is 0.123. The molecule has 79 valence electrons. The zero-order valence-corrected chi connectivity index (χ0v) is 12.4. The van der Waals surface area contributed by atoms with Gasteiger partial charge in [-0.3, -0.25) is 4.79 Å². The Morgan fingerprint density at radius 3 is 2.29 bits per heavy atom. The predicted molar refractivity (Wildman–Crippen MR) is 53.3 cm³/mol. The van der Waals surface area contributed by atoms with Crippen molar-refractivity contribution in [3.63, 3.8) is 0 Å². The Balaban J connectivity index is 0.00000169. The fourth-order valence-electron chi connectivity index (χ4n) is 2.40. The molecule has 1 rings (SSSR count). The first kappa shape index (κ1) is 14.5. The Morgan fingerprint density at radius 1 is 1.43 bits per heavy atom. The van der Waals surface area contributed by atoms with Gasteiger partial charge in [0.2, 0.25) is 0 Å². The van der Waals surface area contributed by atoms with Crippen molar-refractivity contribution in [3.05, 3.63) is 0 Å². The number of hydrogen-bond donors (Lipinski definition) is 1. The molecule has 3 nitrogen and oxygen atoms in total. The number of likely N-dealkylation sites (tertiary alicyclic amines) is 1. The molecule has 1 saturated heterocycles. The van der Waals surface area contributed by atoms with Crippen LogP contribution in [-0.4, -0.2) is 43.1 Å². The fraction of sp³-hybridized carbons (Fsp3) is 0.900. The largest absolute Gasteiger partial charge is 0.354 e. The Labute approximate surface area is 112 Å². The Morgan fingerprint density at radius 2 is 1.93 bits per heavy atom. The maximum atomic E-state index is 11.5. The van der Waals surface area contributed by atoms with Crippen LogP contribution >= 0.6 is 0 Å². The van der Waals surface area contributed by atoms with Gasteiger partial charge in [-0.25, -0.2) is 0 Å². The molecular formula is C10H21N2OY+. The molecule has 0 bridgehead atoms. The van der Waals surface area contributed by atoms with E-state index >= 15 is 0 Å². The van der Waals surface area contributed by atoms with Gasteiger partial charge in [0.25, 0.3) is 5.91 Å². The molecule has 1 N–H and O–H groups in total. The molecule has 1 amide bonds. The van der Waals surface area contributed by atoms with Crippen LogP contribution in [0.4, 0.5) is 0 Å². The monoisotopic (exact) mass is 274 g/mol. The third-order valence-corrected chi connectivity index (χ3v) is 3.53. The fourth-order valence-corrected chi connectivity index (χ4v) is 2.40. The van der Waals surface area contributed by atoms with E-state index in [-0.39, 0.29) is 44.7 Å². The van der Waals surface area contributed by atoms with Crippen LogP contribution < -0.4 is 5.32 Å². The standard InChI is InChI=1S/C10H20N2O.Y/c1-4-12(7-5-6-8-12)9(2)10(13)11-3;/h9H,4-8H2,1-3H3;/p+1. The van der Waals surface area contributed by atoms with Gasteiger partial charge >= 0.3 is 0 Å². The molecule has 0 aromatic carbocycles. The van der Waals surface area contributed by atoms with Crippen molar-refractivity contribution in [2.45, 2.75) is 32.7 Å². The molecule has 1 aliphatic rings. The van der Waals surface area contributed by atoms with Crippen LogP contribution in [0.3, 0.4) is 0 Å². The van der Waals surface area contributed by atoms with Gasteiger partial charge in [-0.15, -0.1) is 0 Å². The van der Waals surface area contributed by atoms with Crippen molar-refractivity contribution in [2.75, 3.05) is 26.7 Å². The Kier molecular flexibility index (Phi) is 6.43. The summed E-state index contributed by atoms with van der Waals surface area (Å²) in [6.07, 6.45) is 2.55. The molecule has 1 aliphatic heterocycles. The molecular weight excluding hydrogens is 253 g/mol. The van der Waals surface area contributed by atoms with E-state index in [0.717, 1.165) is 11.0 Å². The second kappa shape index (κ2) is 6.19. The van der Waals surface area contributed by atoms with Crippen molar-refractivity contribution in [1.29, 1.82) is 0 Å². The Bertz CT molecular complexity index is 191. The van der Waals surface area contributed by atoms with Crippen LogP contribution in [0.5, 0.6) is 0 Å². The van der Waals surface area contributed by atoms with Gasteiger partial charge in [-0.05, 0) is 13.8 Å². The molecule has 14 heavy (non-hydrogen) atoms. The van der Waals surface area contributed by atoms with Crippen molar-refractivity contribution < 1.29 is 42.0 Å². The number of nitrogens with zero attached hydrogens (tertiary/aromatic N) is 1. The van der Waals surface area contributed by atoms with Gasteiger partial charge in [-0.1, -0.05) is 0 Å². The maximum absolute atomic E-state index is 11.5. The van der Waals surface area contributed by atoms with Crippen LogP contribution in [0.25, 0.3) is 0 Å². The van der Waals surface area contributed by atoms with Gasteiger partial charge < -0.3 is 9.80 Å². The molecule has 0 aromatic rings. The average molecular weight is 274 g/mol. The summed E-state index contributed by atoms with van der Waals surface area (Å²) in [7, 11) is 1.72. The summed E-state index contributed by atoms with van der Waals surface area (Å²) in [5.74, 6) is 0.184. The van der Waals surface area contributed by atoms with E-state index in [1.807, 2.05) is 6.92 Å². The topological polar surface area (TPSA) is 29.1 Å². The first-order valence-corrected chi connectivity index (χ1v) is 5.23. The average Bonchev–Trinajstić information content (AvgIpc) is 2.65. The number of amides is 1. The minimum atomic E-state index is 0. The van der Waals surface area contributed by atoms with Gasteiger partial charge in [0.15, 0.2) is 6.04 Å². The van der Waals surface area contributed by atoms with E-state index in [0.29, 0.717) is 0 Å². The summed E-state index contributed by atoms with van der Waals surface area (Å²) >= 11 is 0. The molecule has 0 spiro atoms. The van der Waals surface area contributed by atoms with Gasteiger partial charge in [-0.2, -0.15) is 0 Å².